The number of nitrogens with one attached hydrogen (secondary N) is 2. The van der Waals surface area contributed by atoms with Crippen molar-refractivity contribution >= 4 is 29.9 Å². The van der Waals surface area contributed by atoms with Gasteiger partial charge in [0.15, 0.2) is 11.8 Å². The number of aromatic nitrogens is 2. The molecule has 8 heteroatoms. The van der Waals surface area contributed by atoms with Crippen molar-refractivity contribution in [2.45, 2.75) is 39.3 Å². The number of aliphatic imine (C=N–C) groups is 1. The van der Waals surface area contributed by atoms with Crippen molar-refractivity contribution in [3.63, 3.8) is 0 Å². The molecular formula is C15H27IN6O. The van der Waals surface area contributed by atoms with E-state index < -0.39 is 0 Å². The first-order valence-electron chi connectivity index (χ1n) is 7.88. The van der Waals surface area contributed by atoms with Crippen LogP contribution in [0.2, 0.25) is 0 Å². The summed E-state index contributed by atoms with van der Waals surface area (Å²) in [7, 11) is 0. The van der Waals surface area contributed by atoms with Crippen LogP contribution in [0.5, 0.6) is 0 Å². The lowest BCUT2D eigenvalue weighted by Gasteiger charge is -2.32. The first-order chi connectivity index (χ1) is 10.7. The van der Waals surface area contributed by atoms with Gasteiger partial charge < -0.3 is 15.2 Å². The molecule has 1 aliphatic rings. The fraction of sp³-hybridized carbons (Fsp3) is 0.667. The molecule has 2 heterocycles. The fourth-order valence-corrected chi connectivity index (χ4v) is 2.51. The molecule has 7 nitrogen and oxygen atoms in total. The van der Waals surface area contributed by atoms with Crippen molar-refractivity contribution in [2.24, 2.45) is 4.99 Å². The van der Waals surface area contributed by atoms with Gasteiger partial charge >= 0.3 is 0 Å². The van der Waals surface area contributed by atoms with Gasteiger partial charge in [0, 0.05) is 39.1 Å². The zero-order chi connectivity index (χ0) is 15.8. The maximum atomic E-state index is 4.96. The van der Waals surface area contributed by atoms with E-state index in [2.05, 4.69) is 44.2 Å². The monoisotopic (exact) mass is 434 g/mol. The second-order valence-corrected chi connectivity index (χ2v) is 5.43. The van der Waals surface area contributed by atoms with Crippen LogP contribution in [-0.2, 0) is 6.54 Å². The van der Waals surface area contributed by atoms with E-state index in [0.29, 0.717) is 24.3 Å². The van der Waals surface area contributed by atoms with Crippen LogP contribution in [-0.4, -0.2) is 53.2 Å². The summed E-state index contributed by atoms with van der Waals surface area (Å²) < 4.78 is 4.96. The van der Waals surface area contributed by atoms with Gasteiger partial charge in [-0.15, -0.1) is 30.6 Å². The van der Waals surface area contributed by atoms with Crippen molar-refractivity contribution in [1.29, 1.82) is 0 Å². The minimum atomic E-state index is 0. The summed E-state index contributed by atoms with van der Waals surface area (Å²) in [5, 5.41) is 10.6. The lowest BCUT2D eigenvalue weighted by Crippen LogP contribution is -2.48. The Hall–Kier alpha value is -1.16. The van der Waals surface area contributed by atoms with Gasteiger partial charge in [0.05, 0.1) is 0 Å². The fourth-order valence-electron chi connectivity index (χ4n) is 2.51. The van der Waals surface area contributed by atoms with E-state index in [9.17, 15) is 0 Å². The van der Waals surface area contributed by atoms with E-state index in [1.54, 1.807) is 6.92 Å². The molecule has 0 bridgehead atoms. The predicted octanol–water partition coefficient (Wildman–Crippen LogP) is 1.70. The molecule has 0 radical (unpaired) electrons. The van der Waals surface area contributed by atoms with Gasteiger partial charge in [-0.2, -0.15) is 4.98 Å². The summed E-state index contributed by atoms with van der Waals surface area (Å²) in [5.41, 5.74) is 0. The quantitative estimate of drug-likeness (QED) is 0.307. The van der Waals surface area contributed by atoms with Crippen LogP contribution in [0, 0.1) is 6.92 Å². The van der Waals surface area contributed by atoms with E-state index in [1.165, 1.54) is 0 Å². The maximum Gasteiger partial charge on any atom is 0.223 e. The summed E-state index contributed by atoms with van der Waals surface area (Å²) >= 11 is 0. The van der Waals surface area contributed by atoms with E-state index in [4.69, 9.17) is 4.52 Å². The summed E-state index contributed by atoms with van der Waals surface area (Å²) in [6.45, 7) is 12.0. The number of rotatable bonds is 6. The zero-order valence-corrected chi connectivity index (χ0v) is 16.2. The van der Waals surface area contributed by atoms with Gasteiger partial charge in [0.1, 0.15) is 6.54 Å². The van der Waals surface area contributed by atoms with Crippen LogP contribution in [0.4, 0.5) is 0 Å². The number of piperidine rings is 1. The molecule has 1 aliphatic heterocycles. The molecule has 130 valence electrons. The number of likely N-dealkylation sites (tertiary alicyclic amines) is 1. The second kappa shape index (κ2) is 10.6. The summed E-state index contributed by atoms with van der Waals surface area (Å²) in [4.78, 5) is 11.1. The number of hydrogen-bond acceptors (Lipinski definition) is 5. The van der Waals surface area contributed by atoms with Crippen molar-refractivity contribution < 1.29 is 4.52 Å². The Bertz CT molecular complexity index is 496. The molecule has 0 unspecified atom stereocenters. The SMILES string of the molecule is C=CCN1CCC(NC(=NCc2noc(C)n2)NCC)CC1.I. The molecule has 0 aliphatic carbocycles. The van der Waals surface area contributed by atoms with Crippen molar-refractivity contribution in [1.82, 2.24) is 25.7 Å². The number of guanidine groups is 1. The van der Waals surface area contributed by atoms with Gasteiger partial charge in [-0.25, -0.2) is 4.99 Å². The van der Waals surface area contributed by atoms with Crippen LogP contribution in [0.1, 0.15) is 31.5 Å². The molecule has 2 N–H and O–H groups in total. The minimum absolute atomic E-state index is 0. The van der Waals surface area contributed by atoms with Crippen LogP contribution in [0.3, 0.4) is 0 Å². The first-order valence-corrected chi connectivity index (χ1v) is 7.88. The van der Waals surface area contributed by atoms with Crippen molar-refractivity contribution in [3.05, 3.63) is 24.4 Å². The van der Waals surface area contributed by atoms with Gasteiger partial charge in [0.2, 0.25) is 5.89 Å². The Labute approximate surface area is 155 Å². The first kappa shape index (κ1) is 19.9. The molecule has 1 aromatic heterocycles. The standard InChI is InChI=1S/C15H26N6O.HI/c1-4-8-21-9-6-13(7-10-21)19-15(16-5-2)17-11-14-18-12(3)22-20-14;/h4,13H,1,5-11H2,2-3H3,(H2,16,17,19);1H. The van der Waals surface area contributed by atoms with Gasteiger partial charge in [-0.05, 0) is 19.8 Å². The van der Waals surface area contributed by atoms with Crippen molar-refractivity contribution in [2.75, 3.05) is 26.2 Å². The maximum absolute atomic E-state index is 4.96. The third kappa shape index (κ3) is 6.86. The summed E-state index contributed by atoms with van der Waals surface area (Å²) in [6, 6.07) is 0.450. The largest absolute Gasteiger partial charge is 0.357 e. The molecular weight excluding hydrogens is 407 g/mol. The summed E-state index contributed by atoms with van der Waals surface area (Å²) in [5.74, 6) is 1.99. The van der Waals surface area contributed by atoms with Gasteiger partial charge in [0.25, 0.3) is 0 Å². The molecule has 0 aromatic carbocycles. The number of halogens is 1. The molecule has 0 amide bonds. The third-order valence-electron chi connectivity index (χ3n) is 3.61. The Morgan fingerprint density at radius 1 is 1.48 bits per heavy atom. The number of aryl methyl sites for hydroxylation is 1. The van der Waals surface area contributed by atoms with E-state index >= 15 is 0 Å². The Morgan fingerprint density at radius 3 is 2.78 bits per heavy atom. The molecule has 0 spiro atoms. The van der Waals surface area contributed by atoms with Crippen LogP contribution in [0.25, 0.3) is 0 Å². The normalized spacial score (nSPS) is 16.7. The van der Waals surface area contributed by atoms with E-state index in [1.807, 2.05) is 6.08 Å². The van der Waals surface area contributed by atoms with Crippen molar-refractivity contribution in [3.8, 4) is 0 Å². The van der Waals surface area contributed by atoms with E-state index in [0.717, 1.165) is 45.0 Å². The van der Waals surface area contributed by atoms with E-state index in [-0.39, 0.29) is 24.0 Å². The highest BCUT2D eigenvalue weighted by Crippen LogP contribution is 2.10. The topological polar surface area (TPSA) is 78.6 Å². The lowest BCUT2D eigenvalue weighted by atomic mass is 10.1. The molecule has 1 saturated heterocycles. The zero-order valence-electron chi connectivity index (χ0n) is 13.9. The Morgan fingerprint density at radius 2 is 2.22 bits per heavy atom. The Balaban J connectivity index is 0.00000264. The highest BCUT2D eigenvalue weighted by Gasteiger charge is 2.19. The predicted molar refractivity (Wildman–Crippen MR) is 102 cm³/mol. The molecule has 1 fully saturated rings. The third-order valence-corrected chi connectivity index (χ3v) is 3.61. The van der Waals surface area contributed by atoms with Crippen LogP contribution in [0.15, 0.2) is 22.2 Å². The minimum Gasteiger partial charge on any atom is -0.357 e. The second-order valence-electron chi connectivity index (χ2n) is 5.43. The highest BCUT2D eigenvalue weighted by atomic mass is 127. The summed E-state index contributed by atoms with van der Waals surface area (Å²) in [6.07, 6.45) is 4.19. The molecule has 2 rings (SSSR count). The molecule has 1 aromatic rings. The van der Waals surface area contributed by atoms with Crippen LogP contribution < -0.4 is 10.6 Å². The van der Waals surface area contributed by atoms with Crippen LogP contribution >= 0.6 is 24.0 Å². The average molecular weight is 434 g/mol. The molecule has 0 saturated carbocycles. The average Bonchev–Trinajstić information content (AvgIpc) is 2.93. The number of hydrogen-bond donors (Lipinski definition) is 2. The Kier molecular flexibility index (Phi) is 9.15. The van der Waals surface area contributed by atoms with Gasteiger partial charge in [-0.1, -0.05) is 11.2 Å². The smallest absolute Gasteiger partial charge is 0.223 e. The van der Waals surface area contributed by atoms with Gasteiger partial charge in [-0.3, -0.25) is 4.90 Å². The molecule has 23 heavy (non-hydrogen) atoms. The number of nitrogens with zero attached hydrogens (tertiary/aromatic N) is 4. The lowest BCUT2D eigenvalue weighted by molar-refractivity contribution is 0.225. The highest BCUT2D eigenvalue weighted by molar-refractivity contribution is 14.0. The molecule has 0 atom stereocenters.